The Morgan fingerprint density at radius 3 is 2.65 bits per heavy atom. The highest BCUT2D eigenvalue weighted by atomic mass is 19.1. The van der Waals surface area contributed by atoms with Crippen LogP contribution in [0.3, 0.4) is 0 Å². The first-order chi connectivity index (χ1) is 8.24. The summed E-state index contributed by atoms with van der Waals surface area (Å²) in [5.74, 6) is -0.113. The topological polar surface area (TPSA) is 12.0 Å². The third-order valence-electron chi connectivity index (χ3n) is 3.09. The summed E-state index contributed by atoms with van der Waals surface area (Å²) in [7, 11) is 0. The maximum atomic E-state index is 13.4. The Bertz CT molecular complexity index is 312. The molecule has 0 aliphatic carbocycles. The molecule has 0 amide bonds. The highest BCUT2D eigenvalue weighted by Crippen LogP contribution is 2.08. The van der Waals surface area contributed by atoms with Crippen molar-refractivity contribution in [3.63, 3.8) is 0 Å². The van der Waals surface area contributed by atoms with Crippen LogP contribution in [0.4, 0.5) is 4.39 Å². The molecule has 1 aromatic carbocycles. The number of unbranched alkanes of at least 4 members (excludes halogenated alkanes) is 3. The van der Waals surface area contributed by atoms with Gasteiger partial charge >= 0.3 is 0 Å². The van der Waals surface area contributed by atoms with E-state index in [1.807, 2.05) is 12.1 Å². The van der Waals surface area contributed by atoms with Crippen molar-refractivity contribution in [3.05, 3.63) is 35.6 Å². The van der Waals surface area contributed by atoms with Crippen molar-refractivity contribution in [1.82, 2.24) is 5.32 Å². The van der Waals surface area contributed by atoms with Crippen LogP contribution in [0.25, 0.3) is 0 Å². The van der Waals surface area contributed by atoms with Crippen molar-refractivity contribution in [3.8, 4) is 0 Å². The lowest BCUT2D eigenvalue weighted by molar-refractivity contribution is 0.475. The Morgan fingerprint density at radius 1 is 1.18 bits per heavy atom. The quantitative estimate of drug-likeness (QED) is 0.666. The molecule has 17 heavy (non-hydrogen) atoms. The van der Waals surface area contributed by atoms with E-state index >= 15 is 0 Å². The number of hydrogen-bond acceptors (Lipinski definition) is 1. The number of halogens is 1. The molecule has 0 fully saturated rings. The molecule has 1 unspecified atom stereocenters. The molecule has 1 aromatic rings. The molecule has 0 radical (unpaired) electrons. The average Bonchev–Trinajstić information content (AvgIpc) is 2.34. The van der Waals surface area contributed by atoms with Gasteiger partial charge < -0.3 is 5.32 Å². The van der Waals surface area contributed by atoms with E-state index in [2.05, 4.69) is 19.2 Å². The molecule has 0 saturated carbocycles. The lowest BCUT2D eigenvalue weighted by Crippen LogP contribution is -2.25. The number of nitrogens with one attached hydrogen (secondary N) is 1. The highest BCUT2D eigenvalue weighted by molar-refractivity contribution is 5.16. The molecule has 0 aromatic heterocycles. The number of rotatable bonds is 8. The summed E-state index contributed by atoms with van der Waals surface area (Å²) in [6.45, 7) is 5.02. The first-order valence-electron chi connectivity index (χ1n) is 6.70. The summed E-state index contributed by atoms with van der Waals surface area (Å²) in [6, 6.07) is 7.43. The predicted octanol–water partition coefficient (Wildman–Crippen LogP) is 4.27. The van der Waals surface area contributed by atoms with Crippen molar-refractivity contribution in [1.29, 1.82) is 0 Å². The van der Waals surface area contributed by atoms with E-state index < -0.39 is 0 Å². The molecule has 0 saturated heterocycles. The molecule has 0 heterocycles. The molecule has 0 bridgehead atoms. The van der Waals surface area contributed by atoms with Crippen LogP contribution in [0.1, 0.15) is 51.5 Å². The Kier molecular flexibility index (Phi) is 6.87. The normalized spacial score (nSPS) is 12.6. The van der Waals surface area contributed by atoms with E-state index in [0.29, 0.717) is 12.6 Å². The second-order valence-electron chi connectivity index (χ2n) is 4.72. The zero-order chi connectivity index (χ0) is 12.5. The summed E-state index contributed by atoms with van der Waals surface area (Å²) in [5, 5.41) is 3.38. The fourth-order valence-electron chi connectivity index (χ4n) is 1.91. The molecular weight excluding hydrogens is 213 g/mol. The summed E-state index contributed by atoms with van der Waals surface area (Å²) >= 11 is 0. The third kappa shape index (κ3) is 5.83. The van der Waals surface area contributed by atoms with E-state index in [9.17, 15) is 4.39 Å². The Hall–Kier alpha value is -0.890. The summed E-state index contributed by atoms with van der Waals surface area (Å²) < 4.78 is 13.4. The van der Waals surface area contributed by atoms with Crippen LogP contribution in [0.15, 0.2) is 24.3 Å². The molecule has 0 aliphatic rings. The van der Waals surface area contributed by atoms with Gasteiger partial charge in [-0.15, -0.1) is 0 Å². The third-order valence-corrected chi connectivity index (χ3v) is 3.09. The maximum absolute atomic E-state index is 13.4. The van der Waals surface area contributed by atoms with Crippen LogP contribution in [-0.2, 0) is 6.54 Å². The Labute approximate surface area is 104 Å². The molecular formula is C15H24FN. The van der Waals surface area contributed by atoms with Crippen LogP contribution in [0.2, 0.25) is 0 Å². The fourth-order valence-corrected chi connectivity index (χ4v) is 1.91. The standard InChI is InChI=1S/C15H24FN/c1-3-4-5-6-9-13(2)17-12-14-10-7-8-11-15(14)16/h7-8,10-11,13,17H,3-6,9,12H2,1-2H3. The van der Waals surface area contributed by atoms with Gasteiger partial charge in [0.15, 0.2) is 0 Å². The summed E-state index contributed by atoms with van der Waals surface area (Å²) in [5.41, 5.74) is 0.757. The van der Waals surface area contributed by atoms with Crippen LogP contribution < -0.4 is 5.32 Å². The summed E-state index contributed by atoms with van der Waals surface area (Å²) in [6.07, 6.45) is 6.34. The molecule has 1 rings (SSSR count). The number of benzene rings is 1. The Morgan fingerprint density at radius 2 is 1.94 bits per heavy atom. The zero-order valence-corrected chi connectivity index (χ0v) is 11.0. The van der Waals surface area contributed by atoms with Gasteiger partial charge in [0.2, 0.25) is 0 Å². The molecule has 2 heteroatoms. The molecule has 1 nitrogen and oxygen atoms in total. The highest BCUT2D eigenvalue weighted by Gasteiger charge is 2.04. The molecule has 96 valence electrons. The Balaban J connectivity index is 2.19. The zero-order valence-electron chi connectivity index (χ0n) is 11.0. The first kappa shape index (κ1) is 14.2. The van der Waals surface area contributed by atoms with E-state index in [-0.39, 0.29) is 5.82 Å². The van der Waals surface area contributed by atoms with Gasteiger partial charge in [0.05, 0.1) is 0 Å². The average molecular weight is 237 g/mol. The SMILES string of the molecule is CCCCCCC(C)NCc1ccccc1F. The van der Waals surface area contributed by atoms with Gasteiger partial charge in [-0.2, -0.15) is 0 Å². The van der Waals surface area contributed by atoms with Crippen molar-refractivity contribution >= 4 is 0 Å². The second kappa shape index (κ2) is 8.24. The predicted molar refractivity (Wildman–Crippen MR) is 71.5 cm³/mol. The minimum atomic E-state index is -0.113. The van der Waals surface area contributed by atoms with Gasteiger partial charge in [-0.1, -0.05) is 50.8 Å². The van der Waals surface area contributed by atoms with Crippen molar-refractivity contribution < 1.29 is 4.39 Å². The van der Waals surface area contributed by atoms with Crippen LogP contribution in [0, 0.1) is 5.82 Å². The van der Waals surface area contributed by atoms with Gasteiger partial charge in [0.25, 0.3) is 0 Å². The van der Waals surface area contributed by atoms with Crippen molar-refractivity contribution in [2.24, 2.45) is 0 Å². The molecule has 0 aliphatic heterocycles. The van der Waals surface area contributed by atoms with Crippen LogP contribution >= 0.6 is 0 Å². The second-order valence-corrected chi connectivity index (χ2v) is 4.72. The molecule has 1 N–H and O–H groups in total. The van der Waals surface area contributed by atoms with Crippen LogP contribution in [0.5, 0.6) is 0 Å². The summed E-state index contributed by atoms with van der Waals surface area (Å²) in [4.78, 5) is 0. The molecule has 0 spiro atoms. The first-order valence-corrected chi connectivity index (χ1v) is 6.70. The lowest BCUT2D eigenvalue weighted by atomic mass is 10.1. The van der Waals surface area contributed by atoms with Gasteiger partial charge in [0.1, 0.15) is 5.82 Å². The van der Waals surface area contributed by atoms with Gasteiger partial charge in [-0.05, 0) is 19.4 Å². The van der Waals surface area contributed by atoms with Crippen molar-refractivity contribution in [2.45, 2.75) is 58.5 Å². The number of hydrogen-bond donors (Lipinski definition) is 1. The molecule has 1 atom stereocenters. The van der Waals surface area contributed by atoms with Gasteiger partial charge in [-0.25, -0.2) is 4.39 Å². The largest absolute Gasteiger partial charge is 0.310 e. The minimum Gasteiger partial charge on any atom is -0.310 e. The van der Waals surface area contributed by atoms with E-state index in [1.54, 1.807) is 6.07 Å². The maximum Gasteiger partial charge on any atom is 0.127 e. The van der Waals surface area contributed by atoms with Gasteiger partial charge in [-0.3, -0.25) is 0 Å². The van der Waals surface area contributed by atoms with Crippen molar-refractivity contribution in [2.75, 3.05) is 0 Å². The van der Waals surface area contributed by atoms with E-state index in [4.69, 9.17) is 0 Å². The van der Waals surface area contributed by atoms with E-state index in [0.717, 1.165) is 5.56 Å². The van der Waals surface area contributed by atoms with Crippen LogP contribution in [-0.4, -0.2) is 6.04 Å². The minimum absolute atomic E-state index is 0.113. The smallest absolute Gasteiger partial charge is 0.127 e. The monoisotopic (exact) mass is 237 g/mol. The lowest BCUT2D eigenvalue weighted by Gasteiger charge is -2.13. The van der Waals surface area contributed by atoms with Gasteiger partial charge in [0, 0.05) is 18.2 Å². The fraction of sp³-hybridized carbons (Fsp3) is 0.600. The van der Waals surface area contributed by atoms with E-state index in [1.165, 1.54) is 38.2 Å².